The summed E-state index contributed by atoms with van der Waals surface area (Å²) in [4.78, 5) is 44.5. The van der Waals surface area contributed by atoms with Crippen molar-refractivity contribution in [2.24, 2.45) is 0 Å². The summed E-state index contributed by atoms with van der Waals surface area (Å²) in [6.07, 6.45) is 44.4. The molecule has 0 aromatic rings. The number of carbonyl (C=O) groups is 3. The number of hydrogen-bond donors (Lipinski definition) is 2. The lowest BCUT2D eigenvalue weighted by molar-refractivity contribution is -0.146. The van der Waals surface area contributed by atoms with E-state index in [9.17, 15) is 19.5 Å². The number of nitrogens with zero attached hydrogens (tertiary/aromatic N) is 3. The third kappa shape index (κ3) is 33.9. The molecule has 328 valence electrons. The smallest absolute Gasteiger partial charge is 0.305 e. The van der Waals surface area contributed by atoms with E-state index in [1.165, 1.54) is 77.0 Å². The Kier molecular flexibility index (Phi) is 36.7. The fraction of sp³-hybridized carbons (Fsp3) is 0.771. The number of hydrogen-bond acceptors (Lipinski definition) is 7. The Balaban J connectivity index is 2.28. The highest BCUT2D eigenvalue weighted by Crippen LogP contribution is 2.11. The first-order valence-corrected chi connectivity index (χ1v) is 23.4. The van der Waals surface area contributed by atoms with Crippen molar-refractivity contribution in [2.45, 2.75) is 168 Å². The molecule has 0 unspecified atom stereocenters. The van der Waals surface area contributed by atoms with Crippen LogP contribution < -0.4 is 5.32 Å². The molecular formula is C48H86N4O5. The zero-order valence-electron chi connectivity index (χ0n) is 36.8. The van der Waals surface area contributed by atoms with E-state index < -0.39 is 0 Å². The summed E-state index contributed by atoms with van der Waals surface area (Å²) in [5, 5.41) is 12.3. The highest BCUT2D eigenvalue weighted by molar-refractivity contribution is 5.79. The molecular weight excluding hydrogens is 713 g/mol. The van der Waals surface area contributed by atoms with Crippen molar-refractivity contribution in [2.75, 3.05) is 72.1 Å². The van der Waals surface area contributed by atoms with E-state index in [1.807, 2.05) is 0 Å². The van der Waals surface area contributed by atoms with Gasteiger partial charge in [-0.05, 0) is 77.0 Å². The van der Waals surface area contributed by atoms with Crippen LogP contribution in [0.5, 0.6) is 0 Å². The average Bonchev–Trinajstić information content (AvgIpc) is 3.21. The molecule has 2 amide bonds. The summed E-state index contributed by atoms with van der Waals surface area (Å²) in [6.45, 7) is 10.0. The van der Waals surface area contributed by atoms with Gasteiger partial charge in [0.25, 0.3) is 0 Å². The monoisotopic (exact) mass is 799 g/mol. The number of nitrogens with one attached hydrogen (secondary N) is 1. The molecule has 2 N–H and O–H groups in total. The Morgan fingerprint density at radius 1 is 0.596 bits per heavy atom. The molecule has 1 saturated heterocycles. The number of piperazine rings is 1. The minimum Gasteiger partial charge on any atom is -0.464 e. The van der Waals surface area contributed by atoms with Gasteiger partial charge in [0.15, 0.2) is 0 Å². The minimum absolute atomic E-state index is 0.0154. The van der Waals surface area contributed by atoms with Crippen LogP contribution in [0.2, 0.25) is 0 Å². The number of carbonyl (C=O) groups excluding carboxylic acids is 3. The fourth-order valence-corrected chi connectivity index (χ4v) is 6.90. The van der Waals surface area contributed by atoms with Crippen molar-refractivity contribution in [3.8, 4) is 0 Å². The molecule has 0 bridgehead atoms. The number of allylic oxidation sites excluding steroid dienone is 8. The number of β-amino-alcohol motifs (C(OH)–C–C–N with tert-alkyl or cyclic N) is 1. The van der Waals surface area contributed by atoms with Gasteiger partial charge >= 0.3 is 5.97 Å². The van der Waals surface area contributed by atoms with Gasteiger partial charge in [-0.2, -0.15) is 0 Å². The second-order valence-corrected chi connectivity index (χ2v) is 15.8. The largest absolute Gasteiger partial charge is 0.464 e. The quantitative estimate of drug-likeness (QED) is 0.0365. The van der Waals surface area contributed by atoms with Gasteiger partial charge in [0.2, 0.25) is 11.8 Å². The number of aliphatic hydroxyl groups is 1. The standard InChI is InChI=1S/C48H86N4O5/c1-3-5-7-9-11-13-15-17-19-21-23-25-27-29-31-33-46(54)49-35-36-52(47(55)45-51-39-37-50(38-40-51)41-43-53)42-44-57-48(56)34-32-30-28-26-24-22-20-18-16-14-12-10-8-6-4-2/h11-14,17-20,53H,3-10,15-16,21-45H2,1-2H3,(H,49,54)/b13-11-,14-12-,19-17-,20-18-. The Bertz CT molecular complexity index is 1020. The summed E-state index contributed by atoms with van der Waals surface area (Å²) in [7, 11) is 0. The van der Waals surface area contributed by atoms with Crippen LogP contribution in [0.25, 0.3) is 0 Å². The lowest BCUT2D eigenvalue weighted by Crippen LogP contribution is -2.51. The van der Waals surface area contributed by atoms with Gasteiger partial charge in [-0.3, -0.25) is 24.2 Å². The fourth-order valence-electron chi connectivity index (χ4n) is 6.90. The van der Waals surface area contributed by atoms with E-state index in [0.29, 0.717) is 45.6 Å². The maximum absolute atomic E-state index is 13.4. The summed E-state index contributed by atoms with van der Waals surface area (Å²) in [5.74, 6) is -0.200. The number of ether oxygens (including phenoxy) is 1. The van der Waals surface area contributed by atoms with Gasteiger partial charge in [0.1, 0.15) is 6.61 Å². The van der Waals surface area contributed by atoms with E-state index in [2.05, 4.69) is 77.6 Å². The first-order valence-electron chi connectivity index (χ1n) is 23.4. The van der Waals surface area contributed by atoms with Crippen LogP contribution >= 0.6 is 0 Å². The number of aliphatic hydroxyl groups excluding tert-OH is 1. The third-order valence-electron chi connectivity index (χ3n) is 10.6. The molecule has 0 atom stereocenters. The van der Waals surface area contributed by atoms with Crippen molar-refractivity contribution in [3.05, 3.63) is 48.6 Å². The Hall–Kier alpha value is -2.75. The predicted octanol–water partition coefficient (Wildman–Crippen LogP) is 9.71. The van der Waals surface area contributed by atoms with Gasteiger partial charge in [-0.15, -0.1) is 0 Å². The molecule has 0 aromatic heterocycles. The summed E-state index contributed by atoms with van der Waals surface area (Å²) in [5.41, 5.74) is 0. The van der Waals surface area contributed by atoms with E-state index in [1.54, 1.807) is 4.90 Å². The van der Waals surface area contributed by atoms with Crippen molar-refractivity contribution < 1.29 is 24.2 Å². The third-order valence-corrected chi connectivity index (χ3v) is 10.6. The Morgan fingerprint density at radius 2 is 1.07 bits per heavy atom. The average molecular weight is 799 g/mol. The summed E-state index contributed by atoms with van der Waals surface area (Å²) >= 11 is 0. The SMILES string of the molecule is CCCCC/C=C\C/C=C\CCCCCCCC(=O)NCCN(CCOC(=O)CCCCCCC/C=C\C/C=C\CCCCC)C(=O)CN1CCN(CCO)CC1. The second kappa shape index (κ2) is 40.0. The molecule has 1 fully saturated rings. The van der Waals surface area contributed by atoms with Crippen LogP contribution in [0, 0.1) is 0 Å². The molecule has 9 heteroatoms. The van der Waals surface area contributed by atoms with Crippen molar-refractivity contribution in [1.29, 1.82) is 0 Å². The zero-order chi connectivity index (χ0) is 41.3. The van der Waals surface area contributed by atoms with E-state index in [0.717, 1.165) is 90.4 Å². The molecule has 0 saturated carbocycles. The Morgan fingerprint density at radius 3 is 1.60 bits per heavy atom. The zero-order valence-corrected chi connectivity index (χ0v) is 36.8. The number of esters is 1. The van der Waals surface area contributed by atoms with Gasteiger partial charge in [0.05, 0.1) is 19.7 Å². The van der Waals surface area contributed by atoms with Gasteiger partial charge in [0, 0.05) is 58.7 Å². The first-order chi connectivity index (χ1) is 28.0. The molecule has 1 heterocycles. The first kappa shape index (κ1) is 52.3. The van der Waals surface area contributed by atoms with Crippen LogP contribution in [0.1, 0.15) is 168 Å². The van der Waals surface area contributed by atoms with Crippen molar-refractivity contribution >= 4 is 17.8 Å². The van der Waals surface area contributed by atoms with Crippen LogP contribution in [0.15, 0.2) is 48.6 Å². The van der Waals surface area contributed by atoms with Gasteiger partial charge in [-0.25, -0.2) is 0 Å². The lowest BCUT2D eigenvalue weighted by atomic mass is 10.1. The molecule has 1 rings (SSSR count). The topological polar surface area (TPSA) is 102 Å². The molecule has 0 spiro atoms. The number of amides is 2. The normalized spacial score (nSPS) is 14.2. The Labute approximate surface area is 349 Å². The van der Waals surface area contributed by atoms with Crippen molar-refractivity contribution in [1.82, 2.24) is 20.0 Å². The molecule has 0 aromatic carbocycles. The van der Waals surface area contributed by atoms with Gasteiger partial charge in [-0.1, -0.05) is 127 Å². The summed E-state index contributed by atoms with van der Waals surface area (Å²) < 4.78 is 5.55. The van der Waals surface area contributed by atoms with Gasteiger partial charge < -0.3 is 20.1 Å². The molecule has 0 aliphatic carbocycles. The molecule has 57 heavy (non-hydrogen) atoms. The van der Waals surface area contributed by atoms with Crippen LogP contribution in [0.4, 0.5) is 0 Å². The molecule has 1 aliphatic rings. The van der Waals surface area contributed by atoms with Crippen LogP contribution in [0.3, 0.4) is 0 Å². The maximum atomic E-state index is 13.4. The molecule has 9 nitrogen and oxygen atoms in total. The predicted molar refractivity (Wildman–Crippen MR) is 239 cm³/mol. The highest BCUT2D eigenvalue weighted by atomic mass is 16.5. The number of rotatable bonds is 38. The maximum Gasteiger partial charge on any atom is 0.305 e. The van der Waals surface area contributed by atoms with E-state index in [4.69, 9.17) is 4.74 Å². The minimum atomic E-state index is -0.209. The highest BCUT2D eigenvalue weighted by Gasteiger charge is 2.22. The van der Waals surface area contributed by atoms with E-state index in [-0.39, 0.29) is 31.0 Å². The van der Waals surface area contributed by atoms with Crippen LogP contribution in [-0.4, -0.2) is 110 Å². The van der Waals surface area contributed by atoms with Crippen molar-refractivity contribution in [3.63, 3.8) is 0 Å². The lowest BCUT2D eigenvalue weighted by Gasteiger charge is -2.35. The molecule has 1 aliphatic heterocycles. The molecule has 0 radical (unpaired) electrons. The number of unbranched alkanes of at least 4 members (excludes halogenated alkanes) is 16. The van der Waals surface area contributed by atoms with Crippen LogP contribution in [-0.2, 0) is 19.1 Å². The van der Waals surface area contributed by atoms with E-state index >= 15 is 0 Å². The second-order valence-electron chi connectivity index (χ2n) is 15.8. The summed E-state index contributed by atoms with van der Waals surface area (Å²) in [6, 6.07) is 0.